The van der Waals surface area contributed by atoms with E-state index in [1.807, 2.05) is 75.1 Å². The number of carboxylic acids is 1. The number of methoxy groups -OCH3 is 1. The van der Waals surface area contributed by atoms with E-state index in [9.17, 15) is 14.7 Å². The molecule has 2 aliphatic rings. The lowest BCUT2D eigenvalue weighted by Crippen LogP contribution is -2.46. The van der Waals surface area contributed by atoms with Crippen LogP contribution in [0.4, 0.5) is 15.0 Å². The molecule has 0 aliphatic carbocycles. The van der Waals surface area contributed by atoms with Crippen LogP contribution >= 0.6 is 0 Å². The fourth-order valence-corrected chi connectivity index (χ4v) is 6.35. The Balaban J connectivity index is 1.36. The normalized spacial score (nSPS) is 19.8. The van der Waals surface area contributed by atoms with E-state index >= 15 is 4.39 Å². The summed E-state index contributed by atoms with van der Waals surface area (Å²) >= 11 is 0. The lowest BCUT2D eigenvalue weighted by Gasteiger charge is -2.32. The molecule has 3 heterocycles. The molecule has 5 rings (SSSR count). The molecule has 1 N–H and O–H groups in total. The zero-order chi connectivity index (χ0) is 33.2. The van der Waals surface area contributed by atoms with Crippen molar-refractivity contribution >= 4 is 17.9 Å². The van der Waals surface area contributed by atoms with Gasteiger partial charge >= 0.3 is 12.1 Å². The number of benzene rings is 2. The molecule has 1 aromatic heterocycles. The Morgan fingerprint density at radius 2 is 1.80 bits per heavy atom. The Bertz CT molecular complexity index is 1610. The average Bonchev–Trinajstić information content (AvgIpc) is 3.18. The Hall–Kier alpha value is -4.18. The van der Waals surface area contributed by atoms with Gasteiger partial charge in [0.25, 0.3) is 0 Å². The zero-order valence-electron chi connectivity index (χ0n) is 27.6. The van der Waals surface area contributed by atoms with Crippen molar-refractivity contribution in [1.82, 2.24) is 9.88 Å². The third kappa shape index (κ3) is 6.82. The molecule has 46 heavy (non-hydrogen) atoms. The van der Waals surface area contributed by atoms with Crippen LogP contribution in [0.2, 0.25) is 0 Å². The molecule has 0 radical (unpaired) electrons. The Morgan fingerprint density at radius 3 is 2.52 bits per heavy atom. The standard InChI is InChI=1S/C36H44FN3O6/c1-23-9-7-10-27(28-11-8-12-30(38-28)40-20-17-36(5,33(41)42)29(40)22-44-6)32(23)45-21-25-14-13-24-15-18-39(19-16-26(24)31(25)37)34(43)46-35(2,3)4/h7-14,29H,15-22H2,1-6H3,(H,41,42)/t29-,36-/m1/s1. The third-order valence-corrected chi connectivity index (χ3v) is 9.04. The number of nitrogens with zero attached hydrogens (tertiary/aromatic N) is 3. The van der Waals surface area contributed by atoms with Gasteiger partial charge in [-0.25, -0.2) is 14.2 Å². The molecule has 0 unspecified atom stereocenters. The van der Waals surface area contributed by atoms with Crippen molar-refractivity contribution in [2.45, 2.75) is 72.1 Å². The molecule has 1 saturated heterocycles. The van der Waals surface area contributed by atoms with E-state index in [1.165, 1.54) is 0 Å². The van der Waals surface area contributed by atoms with Crippen molar-refractivity contribution in [3.05, 3.63) is 76.6 Å². The van der Waals surface area contributed by atoms with Crippen LogP contribution in [0.1, 0.15) is 56.4 Å². The molecular weight excluding hydrogens is 589 g/mol. The second-order valence-electron chi connectivity index (χ2n) is 13.4. The van der Waals surface area contributed by atoms with Crippen molar-refractivity contribution < 1.29 is 33.3 Å². The molecule has 9 nitrogen and oxygen atoms in total. The predicted molar refractivity (Wildman–Crippen MR) is 174 cm³/mol. The number of carbonyl (C=O) groups excluding carboxylic acids is 1. The zero-order valence-corrected chi connectivity index (χ0v) is 27.6. The summed E-state index contributed by atoms with van der Waals surface area (Å²) < 4.78 is 33.2. The van der Waals surface area contributed by atoms with E-state index in [0.29, 0.717) is 67.3 Å². The highest BCUT2D eigenvalue weighted by Crippen LogP contribution is 2.41. The number of carboxylic acid groups (broad SMARTS) is 1. The third-order valence-electron chi connectivity index (χ3n) is 9.04. The van der Waals surface area contributed by atoms with Gasteiger partial charge in [0.05, 0.1) is 23.8 Å². The van der Waals surface area contributed by atoms with Gasteiger partial charge in [-0.2, -0.15) is 0 Å². The second-order valence-corrected chi connectivity index (χ2v) is 13.4. The minimum Gasteiger partial charge on any atom is -0.488 e. The summed E-state index contributed by atoms with van der Waals surface area (Å²) in [7, 11) is 1.57. The van der Waals surface area contributed by atoms with Crippen molar-refractivity contribution in [1.29, 1.82) is 0 Å². The molecule has 0 bridgehead atoms. The van der Waals surface area contributed by atoms with E-state index in [4.69, 9.17) is 19.2 Å². The lowest BCUT2D eigenvalue weighted by atomic mass is 9.83. The molecule has 246 valence electrons. The van der Waals surface area contributed by atoms with Gasteiger partial charge in [0.2, 0.25) is 0 Å². The number of halogens is 1. The lowest BCUT2D eigenvalue weighted by molar-refractivity contribution is -0.148. The number of hydrogen-bond acceptors (Lipinski definition) is 7. The molecule has 10 heteroatoms. The van der Waals surface area contributed by atoms with E-state index in [2.05, 4.69) is 0 Å². The topological polar surface area (TPSA) is 101 Å². The van der Waals surface area contributed by atoms with E-state index in [-0.39, 0.29) is 31.2 Å². The Morgan fingerprint density at radius 1 is 1.07 bits per heavy atom. The maximum atomic E-state index is 15.9. The van der Waals surface area contributed by atoms with Gasteiger partial charge in [0, 0.05) is 37.9 Å². The highest BCUT2D eigenvalue weighted by Gasteiger charge is 2.50. The highest BCUT2D eigenvalue weighted by atomic mass is 19.1. The van der Waals surface area contributed by atoms with E-state index in [0.717, 1.165) is 16.7 Å². The Labute approximate surface area is 270 Å². The van der Waals surface area contributed by atoms with Crippen LogP contribution in [-0.4, -0.2) is 72.0 Å². The minimum atomic E-state index is -0.961. The molecule has 0 spiro atoms. The molecule has 3 aromatic rings. The number of aliphatic carboxylic acids is 1. The quantitative estimate of drug-likeness (QED) is 0.303. The molecular formula is C36H44FN3O6. The van der Waals surface area contributed by atoms with Gasteiger partial charge in [-0.1, -0.05) is 30.3 Å². The first-order valence-electron chi connectivity index (χ1n) is 15.8. The first-order valence-corrected chi connectivity index (χ1v) is 15.8. The van der Waals surface area contributed by atoms with Crippen LogP contribution in [0.15, 0.2) is 48.5 Å². The van der Waals surface area contributed by atoms with E-state index in [1.54, 1.807) is 25.0 Å². The number of anilines is 1. The monoisotopic (exact) mass is 633 g/mol. The maximum absolute atomic E-state index is 15.9. The number of hydrogen-bond donors (Lipinski definition) is 1. The van der Waals surface area contributed by atoms with Crippen LogP contribution in [-0.2, 0) is 33.7 Å². The van der Waals surface area contributed by atoms with Crippen molar-refractivity contribution in [2.75, 3.05) is 38.3 Å². The number of aromatic nitrogens is 1. The molecule has 1 amide bonds. The molecule has 2 aliphatic heterocycles. The van der Waals surface area contributed by atoms with Crippen LogP contribution < -0.4 is 9.64 Å². The largest absolute Gasteiger partial charge is 0.488 e. The maximum Gasteiger partial charge on any atom is 0.410 e. The summed E-state index contributed by atoms with van der Waals surface area (Å²) in [6.07, 6.45) is 1.03. The number of ether oxygens (including phenoxy) is 3. The molecule has 1 fully saturated rings. The summed E-state index contributed by atoms with van der Waals surface area (Å²) in [4.78, 5) is 33.4. The summed E-state index contributed by atoms with van der Waals surface area (Å²) in [5.41, 5.74) is 2.68. The van der Waals surface area contributed by atoms with Gasteiger partial charge in [-0.05, 0) is 88.8 Å². The van der Waals surface area contributed by atoms with Crippen molar-refractivity contribution in [3.63, 3.8) is 0 Å². The summed E-state index contributed by atoms with van der Waals surface area (Å²) in [5, 5.41) is 9.99. The molecule has 2 atom stereocenters. The van der Waals surface area contributed by atoms with Gasteiger partial charge in [0.15, 0.2) is 0 Å². The first kappa shape index (κ1) is 33.2. The summed E-state index contributed by atoms with van der Waals surface area (Å²) in [6.45, 7) is 10.9. The fourth-order valence-electron chi connectivity index (χ4n) is 6.35. The highest BCUT2D eigenvalue weighted by molar-refractivity contribution is 5.77. The summed E-state index contributed by atoms with van der Waals surface area (Å²) in [5.74, 6) is 0.100. The number of pyridine rings is 1. The van der Waals surface area contributed by atoms with E-state index < -0.39 is 17.0 Å². The molecule has 0 saturated carbocycles. The van der Waals surface area contributed by atoms with Crippen LogP contribution in [0.3, 0.4) is 0 Å². The number of amides is 1. The second kappa shape index (κ2) is 13.3. The van der Waals surface area contributed by atoms with Gasteiger partial charge < -0.3 is 29.1 Å². The molecule has 2 aromatic carbocycles. The number of rotatable bonds is 8. The van der Waals surface area contributed by atoms with Crippen molar-refractivity contribution in [2.24, 2.45) is 5.41 Å². The SMILES string of the molecule is COC[C@H]1N(c2cccc(-c3cccc(C)c3OCc3ccc4c(c3F)CCN(C(=O)OC(C)(C)C)CC4)n2)CC[C@@]1(C)C(=O)O. The summed E-state index contributed by atoms with van der Waals surface area (Å²) in [6, 6.07) is 14.8. The fraction of sp³-hybridized carbons (Fsp3) is 0.472. The number of aryl methyl sites for hydroxylation is 1. The van der Waals surface area contributed by atoms with Crippen LogP contribution in [0.25, 0.3) is 11.3 Å². The number of fused-ring (bicyclic) bond motifs is 1. The average molecular weight is 634 g/mol. The van der Waals surface area contributed by atoms with Crippen LogP contribution in [0.5, 0.6) is 5.75 Å². The van der Waals surface area contributed by atoms with Crippen LogP contribution in [0, 0.1) is 18.2 Å². The first-order chi connectivity index (χ1) is 21.8. The van der Waals surface area contributed by atoms with Crippen molar-refractivity contribution in [3.8, 4) is 17.0 Å². The minimum absolute atomic E-state index is 0.0193. The number of carbonyl (C=O) groups is 2. The Kier molecular flexibility index (Phi) is 9.58. The van der Waals surface area contributed by atoms with Gasteiger partial charge in [-0.3, -0.25) is 4.79 Å². The van der Waals surface area contributed by atoms with Gasteiger partial charge in [-0.15, -0.1) is 0 Å². The van der Waals surface area contributed by atoms with Gasteiger partial charge in [0.1, 0.15) is 29.6 Å². The smallest absolute Gasteiger partial charge is 0.410 e. The number of para-hydroxylation sites is 1. The predicted octanol–water partition coefficient (Wildman–Crippen LogP) is 6.43.